The molecule has 3 heterocycles. The Morgan fingerprint density at radius 2 is 1.92 bits per heavy atom. The van der Waals surface area contributed by atoms with Crippen LogP contribution in [0.5, 0.6) is 11.8 Å². The lowest BCUT2D eigenvalue weighted by Crippen LogP contribution is -2.27. The molecule has 0 amide bonds. The molecule has 0 N–H and O–H groups in total. The van der Waals surface area contributed by atoms with E-state index < -0.39 is 0 Å². The Morgan fingerprint density at radius 1 is 1.08 bits per heavy atom. The number of aryl methyl sites for hydroxylation is 1. The van der Waals surface area contributed by atoms with E-state index in [0.717, 1.165) is 38.2 Å². The normalized spacial score (nSPS) is 19.9. The fourth-order valence-electron chi connectivity index (χ4n) is 3.41. The molecular formula is C17H21N5O2. The molecule has 24 heavy (non-hydrogen) atoms. The van der Waals surface area contributed by atoms with Gasteiger partial charge < -0.3 is 14.4 Å². The fraction of sp³-hybridized carbons (Fsp3) is 0.529. The first-order valence-electron chi connectivity index (χ1n) is 8.44. The first-order chi connectivity index (χ1) is 11.8. The van der Waals surface area contributed by atoms with Crippen molar-refractivity contribution in [3.05, 3.63) is 30.0 Å². The van der Waals surface area contributed by atoms with Gasteiger partial charge in [0.15, 0.2) is 5.75 Å². The standard InChI is InChI=1S/C17H21N5O2/c1-23-13-8-18-17(19-9-13)24-12-6-7-22(10-12)16-14-4-2-3-5-15(14)20-11-21-16/h8-9,11-12H,2-7,10H2,1H3. The van der Waals surface area contributed by atoms with Gasteiger partial charge in [0.05, 0.1) is 26.0 Å². The van der Waals surface area contributed by atoms with Gasteiger partial charge in [-0.1, -0.05) is 0 Å². The van der Waals surface area contributed by atoms with Crippen molar-refractivity contribution in [2.75, 3.05) is 25.1 Å². The molecule has 126 valence electrons. The van der Waals surface area contributed by atoms with Crippen LogP contribution in [0.4, 0.5) is 5.82 Å². The van der Waals surface area contributed by atoms with Gasteiger partial charge in [0.1, 0.15) is 18.2 Å². The monoisotopic (exact) mass is 327 g/mol. The van der Waals surface area contributed by atoms with Gasteiger partial charge in [-0.15, -0.1) is 0 Å². The van der Waals surface area contributed by atoms with Crippen molar-refractivity contribution in [3.8, 4) is 11.8 Å². The van der Waals surface area contributed by atoms with Gasteiger partial charge in [-0.3, -0.25) is 0 Å². The van der Waals surface area contributed by atoms with E-state index in [1.807, 2.05) is 0 Å². The second kappa shape index (κ2) is 6.59. The van der Waals surface area contributed by atoms with E-state index in [2.05, 4.69) is 24.8 Å². The van der Waals surface area contributed by atoms with E-state index in [1.54, 1.807) is 25.8 Å². The van der Waals surface area contributed by atoms with Crippen molar-refractivity contribution in [1.82, 2.24) is 19.9 Å². The highest BCUT2D eigenvalue weighted by Crippen LogP contribution is 2.29. The molecule has 0 saturated carbocycles. The van der Waals surface area contributed by atoms with Crippen molar-refractivity contribution in [2.24, 2.45) is 0 Å². The third kappa shape index (κ3) is 2.98. The topological polar surface area (TPSA) is 73.3 Å². The van der Waals surface area contributed by atoms with E-state index in [9.17, 15) is 0 Å². The molecule has 7 heteroatoms. The Labute approximate surface area is 141 Å². The lowest BCUT2D eigenvalue weighted by molar-refractivity contribution is 0.205. The smallest absolute Gasteiger partial charge is 0.316 e. The minimum Gasteiger partial charge on any atom is -0.494 e. The second-order valence-electron chi connectivity index (χ2n) is 6.21. The fourth-order valence-corrected chi connectivity index (χ4v) is 3.41. The van der Waals surface area contributed by atoms with Crippen LogP contribution in [0.15, 0.2) is 18.7 Å². The van der Waals surface area contributed by atoms with Crippen LogP contribution in [0, 0.1) is 0 Å². The van der Waals surface area contributed by atoms with Gasteiger partial charge in [-0.05, 0) is 25.7 Å². The molecule has 2 aromatic heterocycles. The molecular weight excluding hydrogens is 306 g/mol. The van der Waals surface area contributed by atoms with Gasteiger partial charge in [-0.2, -0.15) is 9.97 Å². The van der Waals surface area contributed by atoms with Crippen LogP contribution in [0.2, 0.25) is 0 Å². The summed E-state index contributed by atoms with van der Waals surface area (Å²) in [5, 5.41) is 0. The van der Waals surface area contributed by atoms with Crippen LogP contribution in [0.3, 0.4) is 0 Å². The zero-order chi connectivity index (χ0) is 16.4. The Kier molecular flexibility index (Phi) is 4.15. The van der Waals surface area contributed by atoms with Crippen LogP contribution < -0.4 is 14.4 Å². The summed E-state index contributed by atoms with van der Waals surface area (Å²) in [4.78, 5) is 19.7. The number of hydrogen-bond donors (Lipinski definition) is 0. The number of rotatable bonds is 4. The summed E-state index contributed by atoms with van der Waals surface area (Å²) >= 11 is 0. The molecule has 1 fully saturated rings. The van der Waals surface area contributed by atoms with Crippen molar-refractivity contribution in [2.45, 2.75) is 38.2 Å². The molecule has 1 aliphatic carbocycles. The molecule has 0 bridgehead atoms. The van der Waals surface area contributed by atoms with Crippen molar-refractivity contribution < 1.29 is 9.47 Å². The highest BCUT2D eigenvalue weighted by atomic mass is 16.5. The van der Waals surface area contributed by atoms with Crippen molar-refractivity contribution in [1.29, 1.82) is 0 Å². The molecule has 0 radical (unpaired) electrons. The van der Waals surface area contributed by atoms with Crippen LogP contribution >= 0.6 is 0 Å². The summed E-state index contributed by atoms with van der Waals surface area (Å²) in [6.45, 7) is 1.74. The summed E-state index contributed by atoms with van der Waals surface area (Å²) in [6, 6.07) is 0.396. The van der Waals surface area contributed by atoms with Crippen molar-refractivity contribution >= 4 is 5.82 Å². The average molecular weight is 327 g/mol. The number of fused-ring (bicyclic) bond motifs is 1. The number of methoxy groups -OCH3 is 1. The Bertz CT molecular complexity index is 707. The molecule has 2 aliphatic rings. The van der Waals surface area contributed by atoms with Gasteiger partial charge in [0, 0.05) is 24.2 Å². The van der Waals surface area contributed by atoms with Gasteiger partial charge in [-0.25, -0.2) is 9.97 Å². The Morgan fingerprint density at radius 3 is 2.75 bits per heavy atom. The highest BCUT2D eigenvalue weighted by Gasteiger charge is 2.28. The third-order valence-corrected chi connectivity index (χ3v) is 4.66. The molecule has 1 atom stereocenters. The first-order valence-corrected chi connectivity index (χ1v) is 8.44. The van der Waals surface area contributed by atoms with Crippen LogP contribution in [-0.4, -0.2) is 46.2 Å². The lowest BCUT2D eigenvalue weighted by atomic mass is 9.96. The predicted molar refractivity (Wildman–Crippen MR) is 88.5 cm³/mol. The maximum atomic E-state index is 5.91. The molecule has 0 spiro atoms. The van der Waals surface area contributed by atoms with Crippen LogP contribution in [0.25, 0.3) is 0 Å². The SMILES string of the molecule is COc1cnc(OC2CCN(c3ncnc4c3CCCC4)C2)nc1. The Hall–Kier alpha value is -2.44. The average Bonchev–Trinajstić information content (AvgIpc) is 3.10. The van der Waals surface area contributed by atoms with E-state index in [4.69, 9.17) is 9.47 Å². The van der Waals surface area contributed by atoms with Crippen molar-refractivity contribution in [3.63, 3.8) is 0 Å². The number of nitrogens with zero attached hydrogens (tertiary/aromatic N) is 5. The second-order valence-corrected chi connectivity index (χ2v) is 6.21. The maximum Gasteiger partial charge on any atom is 0.316 e. The number of anilines is 1. The van der Waals surface area contributed by atoms with E-state index in [-0.39, 0.29) is 6.10 Å². The lowest BCUT2D eigenvalue weighted by Gasteiger charge is -2.24. The third-order valence-electron chi connectivity index (χ3n) is 4.66. The summed E-state index contributed by atoms with van der Waals surface area (Å²) in [6.07, 6.45) is 10.5. The number of hydrogen-bond acceptors (Lipinski definition) is 7. The summed E-state index contributed by atoms with van der Waals surface area (Å²) < 4.78 is 11.0. The van der Waals surface area contributed by atoms with Gasteiger partial charge >= 0.3 is 6.01 Å². The molecule has 0 aromatic carbocycles. The quantitative estimate of drug-likeness (QED) is 0.848. The van der Waals surface area contributed by atoms with E-state index in [1.165, 1.54) is 24.1 Å². The Balaban J connectivity index is 1.45. The predicted octanol–water partition coefficient (Wildman–Crippen LogP) is 1.81. The van der Waals surface area contributed by atoms with Crippen LogP contribution in [0.1, 0.15) is 30.5 Å². The number of aromatic nitrogens is 4. The minimum atomic E-state index is 0.0765. The molecule has 1 unspecified atom stereocenters. The van der Waals surface area contributed by atoms with E-state index in [0.29, 0.717) is 11.8 Å². The maximum absolute atomic E-state index is 5.91. The van der Waals surface area contributed by atoms with Gasteiger partial charge in [0.2, 0.25) is 0 Å². The largest absolute Gasteiger partial charge is 0.494 e. The zero-order valence-corrected chi connectivity index (χ0v) is 13.8. The first kappa shape index (κ1) is 15.1. The summed E-state index contributed by atoms with van der Waals surface area (Å²) in [5.74, 6) is 1.71. The summed E-state index contributed by atoms with van der Waals surface area (Å²) in [5.41, 5.74) is 2.54. The van der Waals surface area contributed by atoms with Gasteiger partial charge in [0.25, 0.3) is 0 Å². The number of ether oxygens (including phenoxy) is 2. The highest BCUT2D eigenvalue weighted by molar-refractivity contribution is 5.50. The molecule has 1 saturated heterocycles. The molecule has 7 nitrogen and oxygen atoms in total. The zero-order valence-electron chi connectivity index (χ0n) is 13.8. The van der Waals surface area contributed by atoms with Crippen LogP contribution in [-0.2, 0) is 12.8 Å². The van der Waals surface area contributed by atoms with E-state index >= 15 is 0 Å². The molecule has 4 rings (SSSR count). The molecule has 2 aromatic rings. The minimum absolute atomic E-state index is 0.0765. The summed E-state index contributed by atoms with van der Waals surface area (Å²) in [7, 11) is 1.59. The molecule has 1 aliphatic heterocycles.